The number of carboxylic acid groups (broad SMARTS) is 1. The number of nitrogens with zero attached hydrogens (tertiary/aromatic N) is 1. The smallest absolute Gasteiger partial charge is 0.303 e. The van der Waals surface area contributed by atoms with Gasteiger partial charge >= 0.3 is 5.97 Å². The third kappa shape index (κ3) is 9.00. The molecule has 0 radical (unpaired) electrons. The summed E-state index contributed by atoms with van der Waals surface area (Å²) in [5.74, 6) is -0.318. The van der Waals surface area contributed by atoms with Crippen molar-refractivity contribution in [2.75, 3.05) is 5.75 Å². The first-order valence-electron chi connectivity index (χ1n) is 14.7. The predicted molar refractivity (Wildman–Crippen MR) is 169 cm³/mol. The van der Waals surface area contributed by atoms with Gasteiger partial charge in [0.05, 0.1) is 23.8 Å². The van der Waals surface area contributed by atoms with Crippen LogP contribution in [0, 0.1) is 0 Å². The molecule has 0 saturated carbocycles. The molecule has 1 fully saturated rings. The van der Waals surface area contributed by atoms with Crippen LogP contribution >= 0.6 is 11.8 Å². The van der Waals surface area contributed by atoms with E-state index in [0.29, 0.717) is 19.4 Å². The highest BCUT2D eigenvalue weighted by atomic mass is 32.2. The maximum atomic E-state index is 12.1. The topological polar surface area (TPSA) is 118 Å². The molecule has 8 nitrogen and oxygen atoms in total. The molecule has 228 valence electrons. The lowest BCUT2D eigenvalue weighted by atomic mass is 9.99. The van der Waals surface area contributed by atoms with Gasteiger partial charge in [0.1, 0.15) is 0 Å². The summed E-state index contributed by atoms with van der Waals surface area (Å²) in [6, 6.07) is 29.9. The van der Waals surface area contributed by atoms with Crippen LogP contribution in [0.3, 0.4) is 0 Å². The first-order chi connectivity index (χ1) is 21.5. The van der Waals surface area contributed by atoms with Crippen LogP contribution in [0.1, 0.15) is 60.3 Å². The van der Waals surface area contributed by atoms with Crippen LogP contribution < -0.4 is 5.32 Å². The third-order valence-corrected chi connectivity index (χ3v) is 8.47. The van der Waals surface area contributed by atoms with Gasteiger partial charge in [0.25, 0.3) is 0 Å². The van der Waals surface area contributed by atoms with Gasteiger partial charge in [0.2, 0.25) is 5.91 Å². The van der Waals surface area contributed by atoms with Gasteiger partial charge in [-0.15, -0.1) is 11.8 Å². The van der Waals surface area contributed by atoms with E-state index in [4.69, 9.17) is 14.6 Å². The maximum absolute atomic E-state index is 12.1. The SMILES string of the molecule is O=C(O)CCCC(=O)NCc1cccc(-c2ccc([C@@H]3O[C@H](CSc4ccccn4)C[C@H](c4ccc(CO)cc4)O3)cc2)c1. The molecule has 0 aliphatic carbocycles. The molecule has 1 aliphatic rings. The Labute approximate surface area is 261 Å². The quantitative estimate of drug-likeness (QED) is 0.148. The molecular formula is C35H36N2O6S. The summed E-state index contributed by atoms with van der Waals surface area (Å²) in [7, 11) is 0. The zero-order valence-electron chi connectivity index (χ0n) is 24.3. The van der Waals surface area contributed by atoms with Crippen LogP contribution in [0.2, 0.25) is 0 Å². The second-order valence-corrected chi connectivity index (χ2v) is 11.7. The van der Waals surface area contributed by atoms with Gasteiger partial charge in [-0.05, 0) is 52.4 Å². The molecule has 44 heavy (non-hydrogen) atoms. The number of hydrogen-bond acceptors (Lipinski definition) is 7. The molecule has 1 saturated heterocycles. The number of aliphatic hydroxyl groups excluding tert-OH is 1. The zero-order valence-corrected chi connectivity index (χ0v) is 25.1. The van der Waals surface area contributed by atoms with E-state index in [1.807, 2.05) is 91.0 Å². The Morgan fingerprint density at radius 1 is 0.864 bits per heavy atom. The molecule has 0 bridgehead atoms. The van der Waals surface area contributed by atoms with Gasteiger partial charge in [-0.2, -0.15) is 0 Å². The van der Waals surface area contributed by atoms with Gasteiger partial charge in [-0.25, -0.2) is 4.98 Å². The molecule has 3 atom stereocenters. The molecule has 2 heterocycles. The number of thioether (sulfide) groups is 1. The molecule has 4 aromatic rings. The highest BCUT2D eigenvalue weighted by Crippen LogP contribution is 2.39. The zero-order chi connectivity index (χ0) is 30.7. The highest BCUT2D eigenvalue weighted by Gasteiger charge is 2.32. The molecule has 1 amide bonds. The number of aliphatic hydroxyl groups is 1. The van der Waals surface area contributed by atoms with Crippen molar-refractivity contribution in [3.05, 3.63) is 119 Å². The Balaban J connectivity index is 1.26. The second-order valence-electron chi connectivity index (χ2n) is 10.7. The fourth-order valence-corrected chi connectivity index (χ4v) is 5.90. The van der Waals surface area contributed by atoms with E-state index >= 15 is 0 Å². The van der Waals surface area contributed by atoms with Crippen molar-refractivity contribution in [1.29, 1.82) is 0 Å². The van der Waals surface area contributed by atoms with Gasteiger partial charge in [-0.3, -0.25) is 9.59 Å². The molecule has 9 heteroatoms. The molecule has 3 N–H and O–H groups in total. The Morgan fingerprint density at radius 2 is 1.66 bits per heavy atom. The van der Waals surface area contributed by atoms with E-state index in [-0.39, 0.29) is 37.6 Å². The Morgan fingerprint density at radius 3 is 2.39 bits per heavy atom. The van der Waals surface area contributed by atoms with Crippen LogP contribution in [0.5, 0.6) is 0 Å². The summed E-state index contributed by atoms with van der Waals surface area (Å²) in [5.41, 5.74) is 5.83. The molecule has 0 spiro atoms. The van der Waals surface area contributed by atoms with Gasteiger partial charge in [-0.1, -0.05) is 72.8 Å². The molecule has 3 aromatic carbocycles. The van der Waals surface area contributed by atoms with Crippen molar-refractivity contribution < 1.29 is 29.3 Å². The van der Waals surface area contributed by atoms with E-state index in [1.54, 1.807) is 18.0 Å². The summed E-state index contributed by atoms with van der Waals surface area (Å²) in [6.45, 7) is 0.375. The second kappa shape index (κ2) is 15.6. The highest BCUT2D eigenvalue weighted by molar-refractivity contribution is 7.99. The van der Waals surface area contributed by atoms with Crippen LogP contribution in [0.4, 0.5) is 0 Å². The standard InChI is InChI=1S/C35H36N2O6S/c38-22-24-10-12-27(13-11-24)31-20-30(23-44-33-8-1-2-18-36-33)42-35(43-31)28-16-14-26(15-17-28)29-6-3-5-25(19-29)21-37-32(39)7-4-9-34(40)41/h1-3,5-6,8,10-19,30-31,35,38H,4,7,9,20-23H2,(H,37,39)(H,40,41)/t30-,31+,35+/m0/s1. The molecule has 1 aromatic heterocycles. The van der Waals surface area contributed by atoms with Gasteiger partial charge < -0.3 is 25.0 Å². The maximum Gasteiger partial charge on any atom is 0.303 e. The number of carbonyl (C=O) groups excluding carboxylic acids is 1. The van der Waals surface area contributed by atoms with E-state index in [0.717, 1.165) is 44.2 Å². The lowest BCUT2D eigenvalue weighted by Crippen LogP contribution is -2.31. The summed E-state index contributed by atoms with van der Waals surface area (Å²) in [6.07, 6.45) is 2.23. The average molecular weight is 613 g/mol. The van der Waals surface area contributed by atoms with E-state index in [2.05, 4.69) is 10.3 Å². The van der Waals surface area contributed by atoms with E-state index in [9.17, 15) is 14.7 Å². The summed E-state index contributed by atoms with van der Waals surface area (Å²) < 4.78 is 13.0. The first-order valence-corrected chi connectivity index (χ1v) is 15.7. The molecule has 1 aliphatic heterocycles. The fraction of sp³-hybridized carbons (Fsp3) is 0.286. The van der Waals surface area contributed by atoms with Gasteiger partial charge in [0, 0.05) is 43.3 Å². The lowest BCUT2D eigenvalue weighted by Gasteiger charge is -2.36. The van der Waals surface area contributed by atoms with Crippen molar-refractivity contribution in [3.8, 4) is 11.1 Å². The van der Waals surface area contributed by atoms with Crippen LogP contribution in [0.15, 0.2) is 102 Å². The van der Waals surface area contributed by atoms with Crippen LogP contribution in [0.25, 0.3) is 11.1 Å². The minimum absolute atomic E-state index is 0.000624. The largest absolute Gasteiger partial charge is 0.481 e. The number of hydrogen-bond donors (Lipinski definition) is 3. The number of pyridine rings is 1. The number of benzene rings is 3. The van der Waals surface area contributed by atoms with Crippen molar-refractivity contribution in [3.63, 3.8) is 0 Å². The normalized spacial score (nSPS) is 18.1. The van der Waals surface area contributed by atoms with Crippen LogP contribution in [-0.2, 0) is 32.2 Å². The van der Waals surface area contributed by atoms with Crippen molar-refractivity contribution in [2.24, 2.45) is 0 Å². The average Bonchev–Trinajstić information content (AvgIpc) is 3.07. The van der Waals surface area contributed by atoms with Crippen molar-refractivity contribution in [1.82, 2.24) is 10.3 Å². The van der Waals surface area contributed by atoms with Gasteiger partial charge in [0.15, 0.2) is 6.29 Å². The lowest BCUT2D eigenvalue weighted by molar-refractivity contribution is -0.245. The number of ether oxygens (including phenoxy) is 2. The fourth-order valence-electron chi connectivity index (χ4n) is 5.02. The Kier molecular flexibility index (Phi) is 11.2. The Bertz CT molecular complexity index is 1510. The van der Waals surface area contributed by atoms with Crippen LogP contribution in [-0.4, -0.2) is 38.9 Å². The Hall–Kier alpha value is -4.02. The number of carbonyl (C=O) groups is 2. The number of aromatic nitrogens is 1. The van der Waals surface area contributed by atoms with Crippen molar-refractivity contribution in [2.45, 2.75) is 62.4 Å². The molecular weight excluding hydrogens is 576 g/mol. The third-order valence-electron chi connectivity index (χ3n) is 7.40. The summed E-state index contributed by atoms with van der Waals surface area (Å²) in [4.78, 5) is 27.2. The van der Waals surface area contributed by atoms with E-state index < -0.39 is 12.3 Å². The predicted octanol–water partition coefficient (Wildman–Crippen LogP) is 6.45. The number of nitrogens with one attached hydrogen (secondary N) is 1. The van der Waals surface area contributed by atoms with Crippen molar-refractivity contribution >= 4 is 23.6 Å². The number of amides is 1. The minimum atomic E-state index is -0.897. The van der Waals surface area contributed by atoms with E-state index in [1.165, 1.54) is 0 Å². The summed E-state index contributed by atoms with van der Waals surface area (Å²) >= 11 is 1.66. The summed E-state index contributed by atoms with van der Waals surface area (Å²) in [5, 5.41) is 22.0. The minimum Gasteiger partial charge on any atom is -0.481 e. The number of carboxylic acids is 1. The molecule has 0 unspecified atom stereocenters. The monoisotopic (exact) mass is 612 g/mol. The first kappa shape index (κ1) is 31.4. The number of aliphatic carboxylic acids is 1. The number of rotatable bonds is 13. The molecule has 5 rings (SSSR count).